The molecule has 4 heterocycles. The number of methoxy groups -OCH3 is 1. The number of carboxylic acids is 1. The van der Waals surface area contributed by atoms with Gasteiger partial charge in [-0.1, -0.05) is 0 Å². The molecule has 1 N–H and O–H groups in total. The molecule has 0 atom stereocenters. The van der Waals surface area contributed by atoms with Crippen molar-refractivity contribution in [2.24, 2.45) is 0 Å². The number of nitrogens with zero attached hydrogens (tertiary/aromatic N) is 3. The molecule has 4 aromatic rings. The normalized spacial score (nSPS) is 12.7. The van der Waals surface area contributed by atoms with E-state index in [1.165, 1.54) is 13.2 Å². The third-order valence-electron chi connectivity index (χ3n) is 5.69. The Morgan fingerprint density at radius 2 is 2.13 bits per heavy atom. The third-order valence-corrected chi connectivity index (χ3v) is 5.69. The van der Waals surface area contributed by atoms with Crippen LogP contribution in [0.3, 0.4) is 0 Å². The van der Waals surface area contributed by atoms with Gasteiger partial charge in [0.2, 0.25) is 0 Å². The molecule has 1 aliphatic rings. The van der Waals surface area contributed by atoms with Gasteiger partial charge >= 0.3 is 11.9 Å². The molecule has 1 aliphatic heterocycles. The summed E-state index contributed by atoms with van der Waals surface area (Å²) in [4.78, 5) is 28.4. The molecule has 5 rings (SSSR count). The second-order valence-corrected chi connectivity index (χ2v) is 7.49. The number of carbonyl (C=O) groups is 2. The Morgan fingerprint density at radius 3 is 2.90 bits per heavy atom. The van der Waals surface area contributed by atoms with E-state index in [1.54, 1.807) is 16.9 Å². The van der Waals surface area contributed by atoms with Crippen LogP contribution in [0, 0.1) is 6.92 Å². The van der Waals surface area contributed by atoms with Crippen molar-refractivity contribution in [3.8, 4) is 16.9 Å². The summed E-state index contributed by atoms with van der Waals surface area (Å²) in [6.07, 6.45) is 4.32. The van der Waals surface area contributed by atoms with Gasteiger partial charge in [0.05, 0.1) is 31.2 Å². The molecule has 8 nitrogen and oxygen atoms in total. The molecule has 1 aromatic carbocycles. The van der Waals surface area contributed by atoms with Gasteiger partial charge in [-0.3, -0.25) is 9.78 Å². The standard InChI is InChI=1S/C23H19N3O5/c1-12-11-26-17(10-16(25-26)23(28)29)21(15(12)9-19(27)30-2)14-3-4-18-20-13(6-8-31-18)5-7-24-22(14)20/h3-5,7,10-11H,6,8-9H2,1-2H3,(H,28,29). The van der Waals surface area contributed by atoms with Gasteiger partial charge in [0.15, 0.2) is 5.69 Å². The average Bonchev–Trinajstić information content (AvgIpc) is 3.19. The Kier molecular flexibility index (Phi) is 4.35. The zero-order chi connectivity index (χ0) is 21.7. The summed E-state index contributed by atoms with van der Waals surface area (Å²) >= 11 is 0. The van der Waals surface area contributed by atoms with Gasteiger partial charge in [-0.15, -0.1) is 0 Å². The van der Waals surface area contributed by atoms with Crippen LogP contribution in [0.15, 0.2) is 36.7 Å². The predicted octanol–water partition coefficient (Wildman–Crippen LogP) is 3.21. The highest BCUT2D eigenvalue weighted by Crippen LogP contribution is 2.41. The summed E-state index contributed by atoms with van der Waals surface area (Å²) in [6, 6.07) is 7.31. The van der Waals surface area contributed by atoms with E-state index in [2.05, 4.69) is 10.1 Å². The maximum Gasteiger partial charge on any atom is 0.356 e. The van der Waals surface area contributed by atoms with Crippen LogP contribution < -0.4 is 4.74 Å². The summed E-state index contributed by atoms with van der Waals surface area (Å²) in [7, 11) is 1.35. The Labute approximate surface area is 177 Å². The van der Waals surface area contributed by atoms with E-state index in [9.17, 15) is 14.7 Å². The highest BCUT2D eigenvalue weighted by Gasteiger charge is 2.24. The molecule has 0 radical (unpaired) electrons. The van der Waals surface area contributed by atoms with Crippen molar-refractivity contribution in [3.63, 3.8) is 0 Å². The van der Waals surface area contributed by atoms with Crippen molar-refractivity contribution < 1.29 is 24.2 Å². The first-order valence-corrected chi connectivity index (χ1v) is 9.83. The number of esters is 1. The molecule has 3 aromatic heterocycles. The summed E-state index contributed by atoms with van der Waals surface area (Å²) in [5, 5.41) is 14.6. The predicted molar refractivity (Wildman–Crippen MR) is 113 cm³/mol. The molecule has 31 heavy (non-hydrogen) atoms. The molecule has 8 heteroatoms. The Hall–Kier alpha value is -3.94. The quantitative estimate of drug-likeness (QED) is 0.509. The smallest absolute Gasteiger partial charge is 0.356 e. The van der Waals surface area contributed by atoms with Crippen LogP contribution in [-0.2, 0) is 22.4 Å². The largest absolute Gasteiger partial charge is 0.493 e. The Balaban J connectivity index is 1.89. The second kappa shape index (κ2) is 7.09. The monoisotopic (exact) mass is 417 g/mol. The van der Waals surface area contributed by atoms with Crippen LogP contribution in [0.2, 0.25) is 0 Å². The van der Waals surface area contributed by atoms with Gasteiger partial charge in [0.25, 0.3) is 0 Å². The van der Waals surface area contributed by atoms with Crippen LogP contribution in [-0.4, -0.2) is 45.4 Å². The lowest BCUT2D eigenvalue weighted by Gasteiger charge is -2.21. The molecule has 0 saturated carbocycles. The number of hydrogen-bond donors (Lipinski definition) is 1. The van der Waals surface area contributed by atoms with Crippen LogP contribution in [0.25, 0.3) is 27.5 Å². The van der Waals surface area contributed by atoms with E-state index in [4.69, 9.17) is 9.47 Å². The highest BCUT2D eigenvalue weighted by molar-refractivity contribution is 6.04. The SMILES string of the molecule is COC(=O)Cc1c(C)cn2nc(C(=O)O)cc2c1-c1ccc2c3c(ccnc13)CCO2. The van der Waals surface area contributed by atoms with Crippen LogP contribution >= 0.6 is 0 Å². The average molecular weight is 417 g/mol. The topological polar surface area (TPSA) is 103 Å². The molecule has 0 bridgehead atoms. The molecule has 0 aliphatic carbocycles. The summed E-state index contributed by atoms with van der Waals surface area (Å²) in [6.45, 7) is 2.48. The molecule has 0 unspecified atom stereocenters. The van der Waals surface area contributed by atoms with E-state index in [0.717, 1.165) is 45.3 Å². The number of benzene rings is 1. The molecule has 156 valence electrons. The number of aromatic nitrogens is 3. The number of fused-ring (bicyclic) bond motifs is 1. The number of carboxylic acid groups (broad SMARTS) is 1. The minimum atomic E-state index is -1.12. The zero-order valence-electron chi connectivity index (χ0n) is 17.0. The van der Waals surface area contributed by atoms with E-state index in [0.29, 0.717) is 17.7 Å². The van der Waals surface area contributed by atoms with Crippen LogP contribution in [0.1, 0.15) is 27.2 Å². The third kappa shape index (κ3) is 2.99. The van der Waals surface area contributed by atoms with E-state index in [1.807, 2.05) is 25.1 Å². The summed E-state index contributed by atoms with van der Waals surface area (Å²) in [5.74, 6) is -0.734. The molecule has 0 saturated heterocycles. The second-order valence-electron chi connectivity index (χ2n) is 7.49. The first-order valence-electron chi connectivity index (χ1n) is 9.83. The fourth-order valence-corrected chi connectivity index (χ4v) is 4.25. The van der Waals surface area contributed by atoms with Crippen molar-refractivity contribution in [3.05, 3.63) is 59.0 Å². The Morgan fingerprint density at radius 1 is 1.29 bits per heavy atom. The molecule has 0 spiro atoms. The maximum atomic E-state index is 12.2. The molecule has 0 amide bonds. The fraction of sp³-hybridized carbons (Fsp3) is 0.217. The number of aryl methyl sites for hydroxylation is 1. The summed E-state index contributed by atoms with van der Waals surface area (Å²) < 4.78 is 12.3. The Bertz CT molecular complexity index is 1380. The van der Waals surface area contributed by atoms with Crippen molar-refractivity contribution >= 4 is 28.4 Å². The minimum Gasteiger partial charge on any atom is -0.493 e. The number of aromatic carboxylic acids is 1. The summed E-state index contributed by atoms with van der Waals surface area (Å²) in [5.41, 5.74) is 5.44. The van der Waals surface area contributed by atoms with Crippen molar-refractivity contribution in [1.82, 2.24) is 14.6 Å². The number of carbonyl (C=O) groups excluding carboxylic acids is 1. The van der Waals surface area contributed by atoms with Crippen LogP contribution in [0.4, 0.5) is 0 Å². The molecular formula is C23H19N3O5. The number of pyridine rings is 2. The van der Waals surface area contributed by atoms with Gasteiger partial charge in [-0.25, -0.2) is 9.31 Å². The number of hydrogen-bond acceptors (Lipinski definition) is 6. The lowest BCUT2D eigenvalue weighted by atomic mass is 9.91. The zero-order valence-corrected chi connectivity index (χ0v) is 17.0. The molecule has 0 fully saturated rings. The minimum absolute atomic E-state index is 0.0428. The van der Waals surface area contributed by atoms with Crippen molar-refractivity contribution in [2.75, 3.05) is 13.7 Å². The van der Waals surface area contributed by atoms with E-state index >= 15 is 0 Å². The molecular weight excluding hydrogens is 398 g/mol. The van der Waals surface area contributed by atoms with Gasteiger partial charge < -0.3 is 14.6 Å². The maximum absolute atomic E-state index is 12.2. The fourth-order valence-electron chi connectivity index (χ4n) is 4.25. The van der Waals surface area contributed by atoms with E-state index < -0.39 is 5.97 Å². The highest BCUT2D eigenvalue weighted by atomic mass is 16.5. The van der Waals surface area contributed by atoms with Crippen molar-refractivity contribution in [2.45, 2.75) is 19.8 Å². The number of ether oxygens (including phenoxy) is 2. The first-order chi connectivity index (χ1) is 15.0. The lowest BCUT2D eigenvalue weighted by molar-refractivity contribution is -0.139. The van der Waals surface area contributed by atoms with E-state index in [-0.39, 0.29) is 18.1 Å². The number of rotatable bonds is 4. The first kappa shape index (κ1) is 19.0. The van der Waals surface area contributed by atoms with Gasteiger partial charge in [0.1, 0.15) is 5.75 Å². The van der Waals surface area contributed by atoms with Crippen molar-refractivity contribution in [1.29, 1.82) is 0 Å². The lowest BCUT2D eigenvalue weighted by Crippen LogP contribution is -2.11. The van der Waals surface area contributed by atoms with Gasteiger partial charge in [0, 0.05) is 35.3 Å². The van der Waals surface area contributed by atoms with Crippen LogP contribution in [0.5, 0.6) is 5.75 Å². The van der Waals surface area contributed by atoms with Gasteiger partial charge in [-0.2, -0.15) is 5.10 Å². The van der Waals surface area contributed by atoms with Gasteiger partial charge in [-0.05, 0) is 47.9 Å².